The van der Waals surface area contributed by atoms with Gasteiger partial charge in [-0.15, -0.1) is 0 Å². The molecule has 1 aromatic carbocycles. The first-order valence-electron chi connectivity index (χ1n) is 10.5. The zero-order chi connectivity index (χ0) is 25.3. The number of hydrogen-bond acceptors (Lipinski definition) is 10. The van der Waals surface area contributed by atoms with Crippen molar-refractivity contribution in [1.82, 2.24) is 14.6 Å². The van der Waals surface area contributed by atoms with Crippen molar-refractivity contribution in [3.8, 4) is 5.75 Å². The number of para-hydroxylation sites is 1. The van der Waals surface area contributed by atoms with Crippen molar-refractivity contribution in [2.24, 2.45) is 0 Å². The Balaban J connectivity index is 2.11. The first-order valence-corrected chi connectivity index (χ1v) is 12.0. The molecule has 5 atom stereocenters. The van der Waals surface area contributed by atoms with Gasteiger partial charge in [0.1, 0.15) is 24.0 Å². The van der Waals surface area contributed by atoms with Gasteiger partial charge in [-0.1, -0.05) is 18.2 Å². The van der Waals surface area contributed by atoms with Crippen LogP contribution < -0.4 is 15.2 Å². The van der Waals surface area contributed by atoms with Crippen LogP contribution in [0.15, 0.2) is 47.4 Å². The van der Waals surface area contributed by atoms with E-state index < -0.39 is 44.5 Å². The van der Waals surface area contributed by atoms with E-state index >= 15 is 0 Å². The van der Waals surface area contributed by atoms with Gasteiger partial charge in [0.15, 0.2) is 11.0 Å². The molecule has 0 radical (unpaired) electrons. The van der Waals surface area contributed by atoms with Gasteiger partial charge in [-0.3, -0.25) is 19.1 Å². The van der Waals surface area contributed by atoms with Crippen LogP contribution in [0.1, 0.15) is 27.0 Å². The predicted octanol–water partition coefficient (Wildman–Crippen LogP) is 2.02. The van der Waals surface area contributed by atoms with Crippen LogP contribution in [-0.2, 0) is 18.8 Å². The van der Waals surface area contributed by atoms with E-state index in [1.165, 1.54) is 19.4 Å². The Bertz CT molecular complexity index is 1020. The molecule has 0 bridgehead atoms. The lowest BCUT2D eigenvalue weighted by Crippen LogP contribution is -2.40. The van der Waals surface area contributed by atoms with Crippen LogP contribution in [0.4, 0.5) is 0 Å². The number of carbonyl (C=O) groups excluding carboxylic acids is 1. The summed E-state index contributed by atoms with van der Waals surface area (Å²) in [7, 11) is -0.540. The van der Waals surface area contributed by atoms with Gasteiger partial charge in [0, 0.05) is 19.4 Å². The van der Waals surface area contributed by atoms with E-state index in [1.807, 2.05) is 6.07 Å². The molecule has 188 valence electrons. The molecule has 5 unspecified atom stereocenters. The van der Waals surface area contributed by atoms with Crippen LogP contribution in [0.25, 0.3) is 0 Å². The molecule has 4 N–H and O–H groups in total. The molecule has 0 spiro atoms. The number of aromatic amines is 1. The summed E-state index contributed by atoms with van der Waals surface area (Å²) in [6.07, 6.45) is -3.02. The highest BCUT2D eigenvalue weighted by atomic mass is 32.1. The number of aliphatic hydroxyl groups is 2. The van der Waals surface area contributed by atoms with Crippen molar-refractivity contribution in [1.29, 1.82) is 0 Å². The largest absolute Gasteiger partial charge is 0.462 e. The highest BCUT2D eigenvalue weighted by Crippen LogP contribution is 2.36. The van der Waals surface area contributed by atoms with E-state index in [0.717, 1.165) is 4.57 Å². The summed E-state index contributed by atoms with van der Waals surface area (Å²) in [5.41, 5.74) is -0.436. The fraction of sp³-hybridized carbons (Fsp3) is 0.476. The third-order valence-electron chi connectivity index (χ3n) is 4.42. The quantitative estimate of drug-likeness (QED) is 0.178. The number of H-pyrrole nitrogens is 1. The molecule has 0 aliphatic heterocycles. The molecule has 34 heavy (non-hydrogen) atoms. The van der Waals surface area contributed by atoms with Gasteiger partial charge in [-0.2, -0.15) is 0 Å². The molecule has 0 amide bonds. The summed E-state index contributed by atoms with van der Waals surface area (Å²) in [6.45, 7) is 4.90. The van der Waals surface area contributed by atoms with Crippen LogP contribution in [0.5, 0.6) is 5.75 Å². The molecular formula is C21H30N3O8PS. The number of aliphatic hydroxyl groups excluding tert-OH is 2. The van der Waals surface area contributed by atoms with Gasteiger partial charge in [-0.05, 0) is 45.1 Å². The van der Waals surface area contributed by atoms with Gasteiger partial charge >= 0.3 is 14.5 Å². The van der Waals surface area contributed by atoms with Gasteiger partial charge in [0.05, 0.1) is 12.7 Å². The summed E-state index contributed by atoms with van der Waals surface area (Å²) in [5.74, 6) is 0.0218. The molecule has 1 heterocycles. The van der Waals surface area contributed by atoms with Crippen LogP contribution in [0.2, 0.25) is 0 Å². The topological polar surface area (TPSA) is 144 Å². The summed E-state index contributed by atoms with van der Waals surface area (Å²) in [5, 5.41) is 24.2. The summed E-state index contributed by atoms with van der Waals surface area (Å²) in [6, 6.07) is 9.26. The summed E-state index contributed by atoms with van der Waals surface area (Å²) < 4.78 is 23.2. The second kappa shape index (κ2) is 13.6. The number of carbonyl (C=O) groups is 1. The smallest absolute Gasteiger partial charge is 0.323 e. The van der Waals surface area contributed by atoms with Crippen LogP contribution in [-0.4, -0.2) is 63.8 Å². The number of hydrogen-bond donors (Lipinski definition) is 4. The van der Waals surface area contributed by atoms with E-state index in [-0.39, 0.29) is 17.5 Å². The summed E-state index contributed by atoms with van der Waals surface area (Å²) >= 11 is 5.03. The van der Waals surface area contributed by atoms with E-state index in [4.69, 9.17) is 30.7 Å². The highest BCUT2D eigenvalue weighted by Gasteiger charge is 2.31. The molecule has 11 nitrogen and oxygen atoms in total. The fourth-order valence-corrected chi connectivity index (χ4v) is 4.12. The van der Waals surface area contributed by atoms with Crippen LogP contribution >= 0.6 is 20.7 Å². The SMILES string of the molecule is COC(COP(NC(C)C(=O)OC(C)C)Oc1ccccc1)C(O)C(O)n1ccc(=O)[nH]c1=S. The van der Waals surface area contributed by atoms with Crippen molar-refractivity contribution in [2.45, 2.75) is 51.4 Å². The minimum atomic E-state index is -1.88. The molecule has 2 aromatic rings. The Morgan fingerprint density at radius 1 is 1.21 bits per heavy atom. The predicted molar refractivity (Wildman–Crippen MR) is 128 cm³/mol. The van der Waals surface area contributed by atoms with Gasteiger partial charge in [0.2, 0.25) is 0 Å². The third kappa shape index (κ3) is 8.55. The third-order valence-corrected chi connectivity index (χ3v) is 6.09. The maximum Gasteiger partial charge on any atom is 0.323 e. The van der Waals surface area contributed by atoms with E-state index in [0.29, 0.717) is 5.75 Å². The zero-order valence-electron chi connectivity index (χ0n) is 19.3. The molecule has 0 fully saturated rings. The van der Waals surface area contributed by atoms with Crippen molar-refractivity contribution in [2.75, 3.05) is 13.7 Å². The maximum absolute atomic E-state index is 12.2. The number of methoxy groups -OCH3 is 1. The fourth-order valence-electron chi connectivity index (χ4n) is 2.65. The maximum atomic E-state index is 12.2. The molecule has 2 rings (SSSR count). The van der Waals surface area contributed by atoms with Crippen molar-refractivity contribution in [3.05, 3.63) is 57.7 Å². The average molecular weight is 516 g/mol. The first-order chi connectivity index (χ1) is 16.1. The molecular weight excluding hydrogens is 485 g/mol. The van der Waals surface area contributed by atoms with Crippen molar-refractivity contribution < 1.29 is 33.5 Å². The number of nitrogens with zero attached hydrogens (tertiary/aromatic N) is 1. The van der Waals surface area contributed by atoms with Crippen molar-refractivity contribution in [3.63, 3.8) is 0 Å². The lowest BCUT2D eigenvalue weighted by molar-refractivity contribution is -0.149. The van der Waals surface area contributed by atoms with E-state index in [2.05, 4.69) is 10.1 Å². The Morgan fingerprint density at radius 2 is 1.88 bits per heavy atom. The number of ether oxygens (including phenoxy) is 2. The number of benzene rings is 1. The zero-order valence-corrected chi connectivity index (χ0v) is 21.0. The normalized spacial score (nSPS) is 15.9. The second-order valence-corrected chi connectivity index (χ2v) is 9.09. The Morgan fingerprint density at radius 3 is 2.47 bits per heavy atom. The first kappa shape index (κ1) is 28.1. The molecule has 13 heteroatoms. The second-order valence-electron chi connectivity index (χ2n) is 7.49. The number of nitrogens with one attached hydrogen (secondary N) is 2. The molecule has 0 aliphatic rings. The molecule has 1 aromatic heterocycles. The molecule has 0 aliphatic carbocycles. The van der Waals surface area contributed by atoms with Crippen molar-refractivity contribution >= 4 is 26.7 Å². The lowest BCUT2D eigenvalue weighted by atomic mass is 10.2. The van der Waals surface area contributed by atoms with Gasteiger partial charge < -0.3 is 28.7 Å². The lowest BCUT2D eigenvalue weighted by Gasteiger charge is -2.28. The summed E-state index contributed by atoms with van der Waals surface area (Å²) in [4.78, 5) is 26.0. The average Bonchev–Trinajstić information content (AvgIpc) is 2.79. The monoisotopic (exact) mass is 515 g/mol. The number of esters is 1. The van der Waals surface area contributed by atoms with Crippen LogP contribution in [0.3, 0.4) is 0 Å². The van der Waals surface area contributed by atoms with E-state index in [1.54, 1.807) is 45.0 Å². The Kier molecular flexibility index (Phi) is 11.3. The number of aromatic nitrogens is 2. The Labute approximate surface area is 203 Å². The standard InChI is InChI=1S/C21H30N3O8PS/c1-13(2)31-20(28)14(3)23-33(32-15-8-6-5-7-9-15)30-12-16(29-4)18(26)19(27)24-11-10-17(25)22-21(24)34/h5-11,13-14,16,18-19,23,26-27H,12H2,1-4H3,(H,22,25,34). The molecule has 0 saturated heterocycles. The minimum absolute atomic E-state index is 0.0661. The van der Waals surface area contributed by atoms with Gasteiger partial charge in [0.25, 0.3) is 5.56 Å². The highest BCUT2D eigenvalue weighted by molar-refractivity contribution is 7.71. The minimum Gasteiger partial charge on any atom is -0.462 e. The Hall–Kier alpha value is -2.18. The van der Waals surface area contributed by atoms with Gasteiger partial charge in [-0.25, -0.2) is 5.09 Å². The van der Waals surface area contributed by atoms with E-state index in [9.17, 15) is 19.8 Å². The van der Waals surface area contributed by atoms with Crippen LogP contribution in [0, 0.1) is 4.77 Å². The number of rotatable bonds is 13. The molecule has 0 saturated carbocycles.